The first-order valence-electron chi connectivity index (χ1n) is 5.90. The second kappa shape index (κ2) is 5.28. The van der Waals surface area contributed by atoms with Gasteiger partial charge in [-0.1, -0.05) is 18.2 Å². The van der Waals surface area contributed by atoms with Crippen molar-refractivity contribution in [3.05, 3.63) is 59.4 Å². The lowest BCUT2D eigenvalue weighted by Crippen LogP contribution is -2.49. The fourth-order valence-electron chi connectivity index (χ4n) is 1.79. The van der Waals surface area contributed by atoms with Gasteiger partial charge in [-0.2, -0.15) is 0 Å². The minimum Gasteiger partial charge on any atom is -0.478 e. The van der Waals surface area contributed by atoms with Crippen LogP contribution in [0.25, 0.3) is 0 Å². The van der Waals surface area contributed by atoms with E-state index in [0.717, 1.165) is 0 Å². The van der Waals surface area contributed by atoms with Gasteiger partial charge >= 0.3 is 11.9 Å². The highest BCUT2D eigenvalue weighted by Crippen LogP contribution is 2.24. The van der Waals surface area contributed by atoms with Gasteiger partial charge in [-0.05, 0) is 24.3 Å². The molecule has 0 spiro atoms. The summed E-state index contributed by atoms with van der Waals surface area (Å²) in [6.07, 6.45) is 2.56. The summed E-state index contributed by atoms with van der Waals surface area (Å²) in [7, 11) is 0. The highest BCUT2D eigenvalue weighted by atomic mass is 16.5. The van der Waals surface area contributed by atoms with Crippen LogP contribution in [0.1, 0.15) is 16.8 Å². The molecular formula is C14H14N2O4. The molecule has 1 aromatic rings. The number of rotatable bonds is 3. The van der Waals surface area contributed by atoms with Crippen molar-refractivity contribution >= 4 is 11.9 Å². The van der Waals surface area contributed by atoms with E-state index in [0.29, 0.717) is 5.56 Å². The number of nitrogens with two attached hydrogens (primary N) is 2. The van der Waals surface area contributed by atoms with Crippen LogP contribution in [0.15, 0.2) is 53.8 Å². The van der Waals surface area contributed by atoms with E-state index in [-0.39, 0.29) is 17.8 Å². The van der Waals surface area contributed by atoms with Crippen molar-refractivity contribution < 1.29 is 19.4 Å². The van der Waals surface area contributed by atoms with Gasteiger partial charge in [0, 0.05) is 6.42 Å². The minimum absolute atomic E-state index is 0.0427. The Kier molecular flexibility index (Phi) is 3.69. The van der Waals surface area contributed by atoms with Gasteiger partial charge in [0.25, 0.3) is 0 Å². The van der Waals surface area contributed by atoms with Crippen LogP contribution in [-0.2, 0) is 9.53 Å². The van der Waals surface area contributed by atoms with E-state index in [1.807, 2.05) is 0 Å². The van der Waals surface area contributed by atoms with Gasteiger partial charge in [-0.25, -0.2) is 9.59 Å². The van der Waals surface area contributed by atoms with Gasteiger partial charge in [0.15, 0.2) is 0 Å². The first-order valence-corrected chi connectivity index (χ1v) is 5.90. The number of aliphatic carboxylic acids is 1. The van der Waals surface area contributed by atoms with E-state index in [4.69, 9.17) is 21.3 Å². The molecule has 104 valence electrons. The van der Waals surface area contributed by atoms with Crippen molar-refractivity contribution in [3.63, 3.8) is 0 Å². The molecule has 0 fully saturated rings. The van der Waals surface area contributed by atoms with Gasteiger partial charge in [-0.3, -0.25) is 0 Å². The molecule has 6 heteroatoms. The zero-order valence-corrected chi connectivity index (χ0v) is 10.6. The molecule has 2 rings (SSSR count). The quantitative estimate of drug-likeness (QED) is 0.553. The maximum absolute atomic E-state index is 11.9. The molecule has 0 atom stereocenters. The summed E-state index contributed by atoms with van der Waals surface area (Å²) in [4.78, 5) is 23.0. The summed E-state index contributed by atoms with van der Waals surface area (Å²) in [5.41, 5.74) is 10.4. The Balaban J connectivity index is 2.27. The van der Waals surface area contributed by atoms with Gasteiger partial charge in [0.05, 0.1) is 16.8 Å². The number of carbonyl (C=O) groups is 2. The van der Waals surface area contributed by atoms with Crippen LogP contribution in [0.3, 0.4) is 0 Å². The topological polar surface area (TPSA) is 116 Å². The number of carboxylic acid groups (broad SMARTS) is 1. The Labute approximate surface area is 115 Å². The van der Waals surface area contributed by atoms with E-state index in [1.165, 1.54) is 12.2 Å². The van der Waals surface area contributed by atoms with E-state index in [2.05, 4.69) is 0 Å². The van der Waals surface area contributed by atoms with Crippen molar-refractivity contribution in [1.29, 1.82) is 0 Å². The fraction of sp³-hybridized carbons (Fsp3) is 0.143. The Morgan fingerprint density at radius 3 is 2.45 bits per heavy atom. The molecule has 0 radical (unpaired) electrons. The van der Waals surface area contributed by atoms with Crippen molar-refractivity contribution in [3.8, 4) is 0 Å². The summed E-state index contributed by atoms with van der Waals surface area (Å²) >= 11 is 0. The molecule has 0 unspecified atom stereocenters. The number of carbonyl (C=O) groups excluding carboxylic acids is 1. The Bertz CT molecular complexity index is 603. The molecule has 1 aliphatic carbocycles. The van der Waals surface area contributed by atoms with E-state index in [1.54, 1.807) is 30.3 Å². The summed E-state index contributed by atoms with van der Waals surface area (Å²) in [5, 5.41) is 9.08. The van der Waals surface area contributed by atoms with Gasteiger partial charge in [0.1, 0.15) is 5.76 Å². The van der Waals surface area contributed by atoms with E-state index < -0.39 is 17.6 Å². The lowest BCUT2D eigenvalue weighted by molar-refractivity contribution is -0.132. The number of hydrogen-bond donors (Lipinski definition) is 3. The van der Waals surface area contributed by atoms with E-state index in [9.17, 15) is 9.59 Å². The maximum atomic E-state index is 11.9. The molecule has 6 nitrogen and oxygen atoms in total. The lowest BCUT2D eigenvalue weighted by Gasteiger charge is -2.26. The minimum atomic E-state index is -1.23. The first-order chi connectivity index (χ1) is 9.39. The smallest absolute Gasteiger partial charge is 0.343 e. The van der Waals surface area contributed by atoms with Crippen LogP contribution in [0.4, 0.5) is 0 Å². The largest absolute Gasteiger partial charge is 0.478 e. The van der Waals surface area contributed by atoms with Crippen LogP contribution in [-0.4, -0.2) is 22.7 Å². The van der Waals surface area contributed by atoms with Crippen LogP contribution in [0.5, 0.6) is 0 Å². The molecule has 5 N–H and O–H groups in total. The number of esters is 1. The summed E-state index contributed by atoms with van der Waals surface area (Å²) < 4.78 is 5.14. The molecule has 0 amide bonds. The van der Waals surface area contributed by atoms with Crippen LogP contribution in [0.2, 0.25) is 0 Å². The van der Waals surface area contributed by atoms with E-state index >= 15 is 0 Å². The average Bonchev–Trinajstić information content (AvgIpc) is 2.38. The zero-order chi connectivity index (χ0) is 14.8. The Hall–Kier alpha value is -2.44. The number of hydrogen-bond acceptors (Lipinski definition) is 5. The molecule has 1 aliphatic rings. The fourth-order valence-corrected chi connectivity index (χ4v) is 1.79. The van der Waals surface area contributed by atoms with Gasteiger partial charge in [-0.15, -0.1) is 0 Å². The van der Waals surface area contributed by atoms with Crippen LogP contribution < -0.4 is 11.5 Å². The number of benzene rings is 1. The molecule has 0 bridgehead atoms. The highest BCUT2D eigenvalue weighted by Gasteiger charge is 2.29. The highest BCUT2D eigenvalue weighted by molar-refractivity contribution is 5.94. The van der Waals surface area contributed by atoms with Crippen molar-refractivity contribution in [2.24, 2.45) is 11.5 Å². The summed E-state index contributed by atoms with van der Waals surface area (Å²) in [6, 6.07) is 8.26. The number of carboxylic acids is 1. The van der Waals surface area contributed by atoms with Crippen molar-refractivity contribution in [1.82, 2.24) is 0 Å². The van der Waals surface area contributed by atoms with Crippen molar-refractivity contribution in [2.75, 3.05) is 0 Å². The standard InChI is InChI=1S/C14H14N2O4/c15-14(16)7-6-10(12(17)18)11(8-14)20-13(19)9-4-2-1-3-5-9/h1-7H,8,15-16H2,(H,17,18). The summed E-state index contributed by atoms with van der Waals surface area (Å²) in [5.74, 6) is -1.89. The molecular weight excluding hydrogens is 260 g/mol. The van der Waals surface area contributed by atoms with Gasteiger partial charge in [0.2, 0.25) is 0 Å². The maximum Gasteiger partial charge on any atom is 0.343 e. The predicted molar refractivity (Wildman–Crippen MR) is 71.4 cm³/mol. The molecule has 0 saturated carbocycles. The van der Waals surface area contributed by atoms with Crippen LogP contribution in [0, 0.1) is 0 Å². The number of ether oxygens (including phenoxy) is 1. The molecule has 0 heterocycles. The second-order valence-electron chi connectivity index (χ2n) is 4.52. The average molecular weight is 274 g/mol. The monoisotopic (exact) mass is 274 g/mol. The third-order valence-corrected chi connectivity index (χ3v) is 2.78. The summed E-state index contributed by atoms with van der Waals surface area (Å²) in [6.45, 7) is 0. The zero-order valence-electron chi connectivity index (χ0n) is 10.6. The van der Waals surface area contributed by atoms with Crippen molar-refractivity contribution in [2.45, 2.75) is 12.1 Å². The molecule has 1 aromatic carbocycles. The Morgan fingerprint density at radius 2 is 1.85 bits per heavy atom. The first kappa shape index (κ1) is 14.0. The molecule has 0 saturated heterocycles. The predicted octanol–water partition coefficient (Wildman–Crippen LogP) is 0.756. The second-order valence-corrected chi connectivity index (χ2v) is 4.52. The van der Waals surface area contributed by atoms with Crippen LogP contribution >= 0.6 is 0 Å². The third kappa shape index (κ3) is 3.11. The molecule has 0 aromatic heterocycles. The Morgan fingerprint density at radius 1 is 1.20 bits per heavy atom. The van der Waals surface area contributed by atoms with Gasteiger partial charge < -0.3 is 21.3 Å². The normalized spacial score (nSPS) is 16.9. The lowest BCUT2D eigenvalue weighted by atomic mass is 9.96. The molecule has 20 heavy (non-hydrogen) atoms. The molecule has 0 aliphatic heterocycles. The SMILES string of the molecule is NC1(N)C=CC(C(=O)O)=C(OC(=O)c2ccccc2)C1. The third-order valence-electron chi connectivity index (χ3n) is 2.78.